The summed E-state index contributed by atoms with van der Waals surface area (Å²) in [5.41, 5.74) is 6.07. The maximum atomic E-state index is 8.71. The largest absolute Gasteiger partial charge is 0.455 e. The molecule has 0 bridgehead atoms. The monoisotopic (exact) mass is 262 g/mol. The first-order valence-electron chi connectivity index (χ1n) is 5.21. The molecule has 0 radical (unpaired) electrons. The Morgan fingerprint density at radius 2 is 1.67 bits per heavy atom. The van der Waals surface area contributed by atoms with Gasteiger partial charge < -0.3 is 15.7 Å². The van der Waals surface area contributed by atoms with Crippen LogP contribution in [0.1, 0.15) is 5.56 Å². The van der Waals surface area contributed by atoms with Gasteiger partial charge in [0.15, 0.2) is 5.84 Å². The van der Waals surface area contributed by atoms with Crippen molar-refractivity contribution in [2.24, 2.45) is 10.9 Å². The van der Waals surface area contributed by atoms with E-state index in [2.05, 4.69) is 5.16 Å². The molecule has 0 aliphatic carbocycles. The van der Waals surface area contributed by atoms with Gasteiger partial charge in [-0.2, -0.15) is 0 Å². The van der Waals surface area contributed by atoms with E-state index >= 15 is 0 Å². The summed E-state index contributed by atoms with van der Waals surface area (Å²) in [5, 5.41) is 12.2. The van der Waals surface area contributed by atoms with Gasteiger partial charge in [0.05, 0.1) is 10.6 Å². The van der Waals surface area contributed by atoms with Gasteiger partial charge >= 0.3 is 0 Å². The lowest BCUT2D eigenvalue weighted by atomic mass is 10.2. The van der Waals surface area contributed by atoms with Crippen LogP contribution < -0.4 is 10.5 Å². The van der Waals surface area contributed by atoms with Crippen LogP contribution in [0.5, 0.6) is 11.5 Å². The van der Waals surface area contributed by atoms with Crippen molar-refractivity contribution in [2.75, 3.05) is 0 Å². The molecule has 3 N–H and O–H groups in total. The fourth-order valence-electron chi connectivity index (χ4n) is 1.47. The smallest absolute Gasteiger partial charge is 0.173 e. The molecule has 0 aliphatic rings. The third kappa shape index (κ3) is 2.55. The molecule has 0 saturated heterocycles. The number of nitrogens with zero attached hydrogens (tertiary/aromatic N) is 1. The van der Waals surface area contributed by atoms with E-state index in [-0.39, 0.29) is 5.84 Å². The van der Waals surface area contributed by atoms with Gasteiger partial charge in [0, 0.05) is 0 Å². The quantitative estimate of drug-likeness (QED) is 0.386. The van der Waals surface area contributed by atoms with Gasteiger partial charge in [-0.3, -0.25) is 0 Å². The second-order valence-corrected chi connectivity index (χ2v) is 3.92. The molecule has 0 atom stereocenters. The number of ether oxygens (including phenoxy) is 1. The van der Waals surface area contributed by atoms with Crippen molar-refractivity contribution in [3.63, 3.8) is 0 Å². The molecule has 0 fully saturated rings. The SMILES string of the molecule is N/C(=N\O)c1ccccc1Oc1ccccc1Cl. The van der Waals surface area contributed by atoms with Crippen molar-refractivity contribution >= 4 is 17.4 Å². The van der Waals surface area contributed by atoms with Crippen LogP contribution in [0.15, 0.2) is 53.7 Å². The summed E-state index contributed by atoms with van der Waals surface area (Å²) in [6.45, 7) is 0. The summed E-state index contributed by atoms with van der Waals surface area (Å²) in [6.07, 6.45) is 0. The Labute approximate surface area is 109 Å². The number of amidine groups is 1. The van der Waals surface area contributed by atoms with Gasteiger partial charge in [0.25, 0.3) is 0 Å². The molecule has 2 aromatic rings. The van der Waals surface area contributed by atoms with E-state index in [1.807, 2.05) is 12.1 Å². The van der Waals surface area contributed by atoms with Crippen molar-refractivity contribution in [2.45, 2.75) is 0 Å². The average Bonchev–Trinajstić information content (AvgIpc) is 2.41. The number of rotatable bonds is 3. The summed E-state index contributed by atoms with van der Waals surface area (Å²) >= 11 is 6.00. The molecule has 18 heavy (non-hydrogen) atoms. The van der Waals surface area contributed by atoms with E-state index in [1.165, 1.54) is 0 Å². The number of para-hydroxylation sites is 2. The third-order valence-electron chi connectivity index (χ3n) is 2.33. The topological polar surface area (TPSA) is 67.8 Å². The van der Waals surface area contributed by atoms with Gasteiger partial charge in [-0.1, -0.05) is 41.0 Å². The summed E-state index contributed by atoms with van der Waals surface area (Å²) in [4.78, 5) is 0. The minimum absolute atomic E-state index is 0.0161. The van der Waals surface area contributed by atoms with Gasteiger partial charge in [-0.05, 0) is 24.3 Å². The molecule has 2 rings (SSSR count). The van der Waals surface area contributed by atoms with E-state index < -0.39 is 0 Å². The van der Waals surface area contributed by atoms with Crippen LogP contribution in [0.25, 0.3) is 0 Å². The zero-order chi connectivity index (χ0) is 13.0. The molecule has 0 aromatic heterocycles. The van der Waals surface area contributed by atoms with Gasteiger partial charge in [-0.25, -0.2) is 0 Å². The highest BCUT2D eigenvalue weighted by molar-refractivity contribution is 6.32. The predicted molar refractivity (Wildman–Crippen MR) is 70.5 cm³/mol. The Bertz CT molecular complexity index is 585. The molecule has 0 aliphatic heterocycles. The molecule has 5 heteroatoms. The Morgan fingerprint density at radius 3 is 2.33 bits per heavy atom. The Morgan fingerprint density at radius 1 is 1.06 bits per heavy atom. The Hall–Kier alpha value is -2.20. The van der Waals surface area contributed by atoms with Crippen LogP contribution in [0.3, 0.4) is 0 Å². The van der Waals surface area contributed by atoms with Crippen LogP contribution in [0.2, 0.25) is 5.02 Å². The maximum Gasteiger partial charge on any atom is 0.173 e. The lowest BCUT2D eigenvalue weighted by molar-refractivity contribution is 0.318. The lowest BCUT2D eigenvalue weighted by Crippen LogP contribution is -2.14. The summed E-state index contributed by atoms with van der Waals surface area (Å²) < 4.78 is 5.66. The number of oxime groups is 1. The highest BCUT2D eigenvalue weighted by Gasteiger charge is 2.09. The Kier molecular flexibility index (Phi) is 3.69. The second kappa shape index (κ2) is 5.42. The highest BCUT2D eigenvalue weighted by atomic mass is 35.5. The van der Waals surface area contributed by atoms with E-state index in [4.69, 9.17) is 27.3 Å². The van der Waals surface area contributed by atoms with E-state index in [1.54, 1.807) is 36.4 Å². The molecule has 4 nitrogen and oxygen atoms in total. The van der Waals surface area contributed by atoms with Crippen LogP contribution in [0.4, 0.5) is 0 Å². The van der Waals surface area contributed by atoms with Gasteiger partial charge in [-0.15, -0.1) is 0 Å². The summed E-state index contributed by atoms with van der Waals surface area (Å²) in [6, 6.07) is 14.1. The zero-order valence-electron chi connectivity index (χ0n) is 9.38. The number of benzene rings is 2. The number of halogens is 1. The molecule has 2 aromatic carbocycles. The van der Waals surface area contributed by atoms with Gasteiger partial charge in [0.1, 0.15) is 11.5 Å². The summed E-state index contributed by atoms with van der Waals surface area (Å²) in [5.74, 6) is 0.968. The first-order valence-corrected chi connectivity index (χ1v) is 5.59. The van der Waals surface area contributed by atoms with Crippen molar-refractivity contribution in [3.05, 3.63) is 59.1 Å². The standard InChI is InChI=1S/C13H11ClN2O2/c14-10-6-2-4-8-12(10)18-11-7-3-1-5-9(11)13(15)16-17/h1-8,17H,(H2,15,16). The minimum Gasteiger partial charge on any atom is -0.455 e. The first kappa shape index (κ1) is 12.3. The van der Waals surface area contributed by atoms with Gasteiger partial charge in [0.2, 0.25) is 0 Å². The van der Waals surface area contributed by atoms with Crippen molar-refractivity contribution in [3.8, 4) is 11.5 Å². The van der Waals surface area contributed by atoms with Crippen molar-refractivity contribution in [1.82, 2.24) is 0 Å². The first-order chi connectivity index (χ1) is 8.72. The molecule has 92 valence electrons. The number of hydrogen-bond donors (Lipinski definition) is 2. The van der Waals surface area contributed by atoms with E-state index in [9.17, 15) is 0 Å². The molecule has 0 spiro atoms. The normalized spacial score (nSPS) is 11.3. The molecule has 0 unspecified atom stereocenters. The fraction of sp³-hybridized carbons (Fsp3) is 0. The number of hydrogen-bond acceptors (Lipinski definition) is 3. The molecular formula is C13H11ClN2O2. The van der Waals surface area contributed by atoms with Crippen LogP contribution in [-0.4, -0.2) is 11.0 Å². The average molecular weight is 263 g/mol. The lowest BCUT2D eigenvalue weighted by Gasteiger charge is -2.10. The highest BCUT2D eigenvalue weighted by Crippen LogP contribution is 2.30. The number of nitrogens with two attached hydrogens (primary N) is 1. The molecule has 0 saturated carbocycles. The molecule has 0 heterocycles. The van der Waals surface area contributed by atoms with Crippen LogP contribution >= 0.6 is 11.6 Å². The van der Waals surface area contributed by atoms with E-state index in [0.29, 0.717) is 22.1 Å². The molecule has 0 amide bonds. The fourth-order valence-corrected chi connectivity index (χ4v) is 1.64. The van der Waals surface area contributed by atoms with Crippen molar-refractivity contribution in [1.29, 1.82) is 0 Å². The minimum atomic E-state index is -0.0161. The second-order valence-electron chi connectivity index (χ2n) is 3.51. The van der Waals surface area contributed by atoms with Crippen LogP contribution in [0, 0.1) is 0 Å². The molecular weight excluding hydrogens is 252 g/mol. The zero-order valence-corrected chi connectivity index (χ0v) is 10.1. The Balaban J connectivity index is 2.38. The van der Waals surface area contributed by atoms with E-state index in [0.717, 1.165) is 0 Å². The van der Waals surface area contributed by atoms with Crippen molar-refractivity contribution < 1.29 is 9.94 Å². The third-order valence-corrected chi connectivity index (χ3v) is 2.64. The maximum absolute atomic E-state index is 8.71. The predicted octanol–water partition coefficient (Wildman–Crippen LogP) is 3.23. The van der Waals surface area contributed by atoms with Crippen LogP contribution in [-0.2, 0) is 0 Å². The summed E-state index contributed by atoms with van der Waals surface area (Å²) in [7, 11) is 0.